The van der Waals surface area contributed by atoms with Crippen LogP contribution < -0.4 is 15.0 Å². The zero-order chi connectivity index (χ0) is 14.3. The summed E-state index contributed by atoms with van der Waals surface area (Å²) in [5.74, 6) is 0.930. The average molecular weight is 264 g/mol. The van der Waals surface area contributed by atoms with Crippen molar-refractivity contribution in [3.05, 3.63) is 24.3 Å². The van der Waals surface area contributed by atoms with Crippen LogP contribution in [0.3, 0.4) is 0 Å². The van der Waals surface area contributed by atoms with Gasteiger partial charge in [-0.05, 0) is 30.5 Å². The van der Waals surface area contributed by atoms with Crippen molar-refractivity contribution in [1.82, 2.24) is 5.32 Å². The molecular weight excluding hydrogens is 236 g/mol. The number of nitrogens with one attached hydrogen (secondary N) is 1. The zero-order valence-corrected chi connectivity index (χ0v) is 13.0. The van der Waals surface area contributed by atoms with E-state index < -0.39 is 0 Å². The van der Waals surface area contributed by atoms with Crippen LogP contribution in [0.5, 0.6) is 5.75 Å². The lowest BCUT2D eigenvalue weighted by atomic mass is 9.92. The summed E-state index contributed by atoms with van der Waals surface area (Å²) in [5, 5.41) is 3.50. The molecule has 0 aliphatic rings. The number of methoxy groups -OCH3 is 1. The van der Waals surface area contributed by atoms with Crippen molar-refractivity contribution >= 4 is 5.69 Å². The quantitative estimate of drug-likeness (QED) is 0.766. The van der Waals surface area contributed by atoms with Gasteiger partial charge in [0.25, 0.3) is 0 Å². The molecule has 1 rings (SSSR count). The van der Waals surface area contributed by atoms with Crippen LogP contribution in [0.4, 0.5) is 5.69 Å². The third kappa shape index (κ3) is 5.97. The van der Waals surface area contributed by atoms with E-state index in [1.807, 2.05) is 18.2 Å². The van der Waals surface area contributed by atoms with Gasteiger partial charge in [-0.1, -0.05) is 32.9 Å². The minimum atomic E-state index is 0.404. The molecular formula is C16H28N2O. The van der Waals surface area contributed by atoms with E-state index in [1.165, 1.54) is 6.42 Å². The first kappa shape index (κ1) is 15.8. The molecule has 0 fully saturated rings. The fourth-order valence-corrected chi connectivity index (χ4v) is 1.90. The van der Waals surface area contributed by atoms with Crippen molar-refractivity contribution in [2.45, 2.75) is 27.2 Å². The molecule has 3 heteroatoms. The van der Waals surface area contributed by atoms with Crippen LogP contribution in [0.15, 0.2) is 24.3 Å². The van der Waals surface area contributed by atoms with Crippen molar-refractivity contribution in [2.75, 3.05) is 38.7 Å². The molecule has 3 nitrogen and oxygen atoms in total. The summed E-state index contributed by atoms with van der Waals surface area (Å²) >= 11 is 0. The number of ether oxygens (including phenoxy) is 1. The van der Waals surface area contributed by atoms with Crippen LogP contribution in [0.25, 0.3) is 0 Å². The second-order valence-electron chi connectivity index (χ2n) is 6.15. The minimum Gasteiger partial charge on any atom is -0.495 e. The number of hydrogen-bond donors (Lipinski definition) is 1. The summed E-state index contributed by atoms with van der Waals surface area (Å²) in [5.41, 5.74) is 1.55. The van der Waals surface area contributed by atoms with Gasteiger partial charge in [0, 0.05) is 20.1 Å². The largest absolute Gasteiger partial charge is 0.495 e. The van der Waals surface area contributed by atoms with E-state index in [4.69, 9.17) is 4.74 Å². The van der Waals surface area contributed by atoms with Gasteiger partial charge in [-0.2, -0.15) is 0 Å². The van der Waals surface area contributed by atoms with Crippen molar-refractivity contribution in [1.29, 1.82) is 0 Å². The van der Waals surface area contributed by atoms with Crippen molar-refractivity contribution in [2.24, 2.45) is 5.41 Å². The summed E-state index contributed by atoms with van der Waals surface area (Å²) in [4.78, 5) is 2.23. The van der Waals surface area contributed by atoms with E-state index in [2.05, 4.69) is 44.1 Å². The highest BCUT2D eigenvalue weighted by atomic mass is 16.5. The molecule has 0 spiro atoms. The smallest absolute Gasteiger partial charge is 0.142 e. The van der Waals surface area contributed by atoms with E-state index in [0.29, 0.717) is 5.41 Å². The van der Waals surface area contributed by atoms with Gasteiger partial charge in [-0.15, -0.1) is 0 Å². The number of benzene rings is 1. The Kier molecular flexibility index (Phi) is 6.16. The summed E-state index contributed by atoms with van der Waals surface area (Å²) in [6.45, 7) is 9.86. The molecule has 1 aromatic rings. The summed E-state index contributed by atoms with van der Waals surface area (Å²) in [6.07, 6.45) is 1.20. The molecule has 0 aromatic heterocycles. The van der Waals surface area contributed by atoms with Gasteiger partial charge >= 0.3 is 0 Å². The molecule has 1 aromatic carbocycles. The van der Waals surface area contributed by atoms with Gasteiger partial charge in [0.1, 0.15) is 5.75 Å². The predicted molar refractivity (Wildman–Crippen MR) is 83.2 cm³/mol. The third-order valence-electron chi connectivity index (χ3n) is 3.17. The molecule has 1 N–H and O–H groups in total. The second-order valence-corrected chi connectivity index (χ2v) is 6.15. The fourth-order valence-electron chi connectivity index (χ4n) is 1.90. The van der Waals surface area contributed by atoms with Crippen LogP contribution in [0.2, 0.25) is 0 Å². The zero-order valence-electron chi connectivity index (χ0n) is 13.0. The lowest BCUT2D eigenvalue weighted by molar-refractivity contribution is 0.368. The van der Waals surface area contributed by atoms with Crippen molar-refractivity contribution < 1.29 is 4.74 Å². The Hall–Kier alpha value is -1.22. The van der Waals surface area contributed by atoms with Crippen LogP contribution in [0, 0.1) is 5.41 Å². The molecule has 108 valence electrons. The van der Waals surface area contributed by atoms with Crippen LogP contribution >= 0.6 is 0 Å². The average Bonchev–Trinajstić information content (AvgIpc) is 2.36. The highest BCUT2D eigenvalue weighted by Crippen LogP contribution is 2.26. The number of para-hydroxylation sites is 2. The van der Waals surface area contributed by atoms with Gasteiger partial charge < -0.3 is 15.0 Å². The third-order valence-corrected chi connectivity index (χ3v) is 3.17. The highest BCUT2D eigenvalue weighted by Gasteiger charge is 2.09. The lowest BCUT2D eigenvalue weighted by Crippen LogP contribution is -2.31. The lowest BCUT2D eigenvalue weighted by Gasteiger charge is -2.23. The summed E-state index contributed by atoms with van der Waals surface area (Å²) in [6, 6.07) is 8.13. The van der Waals surface area contributed by atoms with Crippen molar-refractivity contribution in [3.8, 4) is 5.75 Å². The summed E-state index contributed by atoms with van der Waals surface area (Å²) < 4.78 is 5.38. The van der Waals surface area contributed by atoms with E-state index >= 15 is 0 Å². The number of nitrogens with zero attached hydrogens (tertiary/aromatic N) is 1. The van der Waals surface area contributed by atoms with Gasteiger partial charge in [-0.3, -0.25) is 0 Å². The number of rotatable bonds is 7. The maximum atomic E-state index is 5.38. The van der Waals surface area contributed by atoms with E-state index in [0.717, 1.165) is 31.1 Å². The van der Waals surface area contributed by atoms with E-state index in [1.54, 1.807) is 7.11 Å². The Bertz CT molecular complexity index is 371. The minimum absolute atomic E-state index is 0.404. The Balaban J connectivity index is 2.33. The Labute approximate surface area is 118 Å². The van der Waals surface area contributed by atoms with Crippen LogP contribution in [0.1, 0.15) is 27.2 Å². The predicted octanol–water partition coefficient (Wildman–Crippen LogP) is 3.16. The topological polar surface area (TPSA) is 24.5 Å². The van der Waals surface area contributed by atoms with Gasteiger partial charge in [0.2, 0.25) is 0 Å². The number of likely N-dealkylation sites (N-methyl/N-ethyl adjacent to an activating group) is 1. The van der Waals surface area contributed by atoms with Gasteiger partial charge in [-0.25, -0.2) is 0 Å². The molecule has 0 aliphatic carbocycles. The van der Waals surface area contributed by atoms with Gasteiger partial charge in [0.05, 0.1) is 12.8 Å². The molecule has 0 saturated carbocycles. The van der Waals surface area contributed by atoms with E-state index in [9.17, 15) is 0 Å². The molecule has 0 heterocycles. The first-order chi connectivity index (χ1) is 8.94. The first-order valence-electron chi connectivity index (χ1n) is 6.99. The molecule has 0 bridgehead atoms. The Morgan fingerprint density at radius 3 is 2.47 bits per heavy atom. The number of hydrogen-bond acceptors (Lipinski definition) is 3. The van der Waals surface area contributed by atoms with Crippen LogP contribution in [-0.4, -0.2) is 33.8 Å². The molecule has 0 saturated heterocycles. The molecule has 0 radical (unpaired) electrons. The molecule has 19 heavy (non-hydrogen) atoms. The van der Waals surface area contributed by atoms with Crippen LogP contribution in [-0.2, 0) is 0 Å². The molecule has 0 aliphatic heterocycles. The monoisotopic (exact) mass is 264 g/mol. The van der Waals surface area contributed by atoms with Gasteiger partial charge in [0.15, 0.2) is 0 Å². The maximum Gasteiger partial charge on any atom is 0.142 e. The Morgan fingerprint density at radius 1 is 1.16 bits per heavy atom. The Morgan fingerprint density at radius 2 is 1.84 bits per heavy atom. The first-order valence-corrected chi connectivity index (χ1v) is 6.99. The summed E-state index contributed by atoms with van der Waals surface area (Å²) in [7, 11) is 3.82. The number of anilines is 1. The maximum absolute atomic E-state index is 5.38. The molecule has 0 unspecified atom stereocenters. The standard InChI is InChI=1S/C16H28N2O/c1-16(2,3)10-11-17-12-13-18(4)14-8-6-7-9-15(14)19-5/h6-9,17H,10-13H2,1-5H3. The molecule has 0 atom stereocenters. The van der Waals surface area contributed by atoms with Crippen molar-refractivity contribution in [3.63, 3.8) is 0 Å². The fraction of sp³-hybridized carbons (Fsp3) is 0.625. The highest BCUT2D eigenvalue weighted by molar-refractivity contribution is 5.57. The normalized spacial score (nSPS) is 11.4. The van der Waals surface area contributed by atoms with E-state index in [-0.39, 0.29) is 0 Å². The second kappa shape index (κ2) is 7.39. The SMILES string of the molecule is COc1ccccc1N(C)CCNCCC(C)(C)C. The molecule has 0 amide bonds.